The van der Waals surface area contributed by atoms with Gasteiger partial charge in [-0.2, -0.15) is 0 Å². The number of nitrogens with zero attached hydrogens (tertiary/aromatic N) is 3. The first kappa shape index (κ1) is 21.8. The van der Waals surface area contributed by atoms with Gasteiger partial charge >= 0.3 is 0 Å². The summed E-state index contributed by atoms with van der Waals surface area (Å²) in [5, 5.41) is 3.83. The van der Waals surface area contributed by atoms with Crippen molar-refractivity contribution in [3.8, 4) is 0 Å². The van der Waals surface area contributed by atoms with Gasteiger partial charge in [0.1, 0.15) is 5.82 Å². The maximum Gasteiger partial charge on any atom is 0.256 e. The second-order valence-electron chi connectivity index (χ2n) is 6.03. The van der Waals surface area contributed by atoms with Crippen LogP contribution >= 0.6 is 34.8 Å². The maximum atomic E-state index is 12.5. The van der Waals surface area contributed by atoms with E-state index in [1.807, 2.05) is 0 Å². The van der Waals surface area contributed by atoms with E-state index in [0.29, 0.717) is 27.0 Å². The Hall–Kier alpha value is -2.93. The number of anilines is 3. The van der Waals surface area contributed by atoms with Gasteiger partial charge in [0.05, 0.1) is 17.1 Å². The van der Waals surface area contributed by atoms with Gasteiger partial charge in [-0.25, -0.2) is 4.98 Å². The van der Waals surface area contributed by atoms with Crippen molar-refractivity contribution in [3.63, 3.8) is 0 Å². The lowest BCUT2D eigenvalue weighted by Gasteiger charge is -2.21. The van der Waals surface area contributed by atoms with Crippen LogP contribution in [0.3, 0.4) is 0 Å². The molecule has 1 aromatic carbocycles. The van der Waals surface area contributed by atoms with Crippen LogP contribution in [0.5, 0.6) is 0 Å². The van der Waals surface area contributed by atoms with Gasteiger partial charge in [-0.3, -0.25) is 19.5 Å². The molecule has 152 valence electrons. The second kappa shape index (κ2) is 9.71. The van der Waals surface area contributed by atoms with Crippen molar-refractivity contribution in [2.45, 2.75) is 6.42 Å². The first-order valence-corrected chi connectivity index (χ1v) is 9.79. The normalized spacial score (nSPS) is 10.4. The Morgan fingerprint density at radius 2 is 1.80 bits per heavy atom. The van der Waals surface area contributed by atoms with E-state index in [1.54, 1.807) is 36.4 Å². The lowest BCUT2D eigenvalue weighted by atomic mass is 10.1. The summed E-state index contributed by atoms with van der Waals surface area (Å²) >= 11 is 18.5. The van der Waals surface area contributed by atoms with Gasteiger partial charge in [-0.05, 0) is 35.9 Å². The van der Waals surface area contributed by atoms with Crippen molar-refractivity contribution in [1.82, 2.24) is 9.97 Å². The van der Waals surface area contributed by atoms with E-state index in [1.165, 1.54) is 23.5 Å². The SMILES string of the molecule is C=CC(=O)N(c1cc(NC(=O)Cc2c(Cl)cccc2Cl)ccn1)c1ccncc1Cl. The van der Waals surface area contributed by atoms with Crippen LogP contribution in [-0.2, 0) is 16.0 Å². The first-order valence-electron chi connectivity index (χ1n) is 8.65. The number of carbonyl (C=O) groups is 2. The van der Waals surface area contributed by atoms with Crippen LogP contribution in [0, 0.1) is 0 Å². The van der Waals surface area contributed by atoms with Gasteiger partial charge in [0.25, 0.3) is 5.91 Å². The van der Waals surface area contributed by atoms with E-state index in [4.69, 9.17) is 34.8 Å². The third-order valence-corrected chi connectivity index (χ3v) is 5.04. The second-order valence-corrected chi connectivity index (χ2v) is 7.25. The molecular weight excluding hydrogens is 447 g/mol. The minimum absolute atomic E-state index is 0.0123. The topological polar surface area (TPSA) is 75.2 Å². The third kappa shape index (κ3) is 4.97. The van der Waals surface area contributed by atoms with Crippen LogP contribution in [-0.4, -0.2) is 21.8 Å². The Morgan fingerprint density at radius 3 is 2.47 bits per heavy atom. The molecule has 0 fully saturated rings. The average molecular weight is 462 g/mol. The summed E-state index contributed by atoms with van der Waals surface area (Å²) in [4.78, 5) is 34.4. The molecule has 1 N–H and O–H groups in total. The molecule has 0 bridgehead atoms. The smallest absolute Gasteiger partial charge is 0.256 e. The van der Waals surface area contributed by atoms with Crippen molar-refractivity contribution in [2.24, 2.45) is 0 Å². The molecule has 0 aliphatic carbocycles. The van der Waals surface area contributed by atoms with E-state index in [9.17, 15) is 9.59 Å². The summed E-state index contributed by atoms with van der Waals surface area (Å²) in [7, 11) is 0. The van der Waals surface area contributed by atoms with Crippen molar-refractivity contribution < 1.29 is 9.59 Å². The molecule has 0 atom stereocenters. The van der Waals surface area contributed by atoms with E-state index in [2.05, 4.69) is 21.9 Å². The molecule has 0 unspecified atom stereocenters. The molecule has 30 heavy (non-hydrogen) atoms. The number of benzene rings is 1. The fraction of sp³-hybridized carbons (Fsp3) is 0.0476. The van der Waals surface area contributed by atoms with Crippen molar-refractivity contribution >= 4 is 63.8 Å². The Morgan fingerprint density at radius 1 is 1.07 bits per heavy atom. The van der Waals surface area contributed by atoms with Gasteiger partial charge < -0.3 is 5.32 Å². The Balaban J connectivity index is 1.87. The summed E-state index contributed by atoms with van der Waals surface area (Å²) in [6.07, 6.45) is 5.51. The molecule has 9 heteroatoms. The van der Waals surface area contributed by atoms with Crippen LogP contribution in [0.4, 0.5) is 17.2 Å². The molecule has 2 amide bonds. The number of rotatable bonds is 6. The van der Waals surface area contributed by atoms with Gasteiger partial charge in [0, 0.05) is 40.4 Å². The minimum atomic E-state index is -0.443. The summed E-state index contributed by atoms with van der Waals surface area (Å²) in [6.45, 7) is 3.52. The van der Waals surface area contributed by atoms with Crippen LogP contribution in [0.2, 0.25) is 15.1 Å². The highest BCUT2D eigenvalue weighted by molar-refractivity contribution is 6.36. The van der Waals surface area contributed by atoms with Gasteiger partial charge in [0.2, 0.25) is 5.91 Å². The molecule has 2 heterocycles. The number of amides is 2. The maximum absolute atomic E-state index is 12.5. The molecule has 3 aromatic rings. The lowest BCUT2D eigenvalue weighted by molar-refractivity contribution is -0.115. The zero-order valence-corrected chi connectivity index (χ0v) is 17.7. The van der Waals surface area contributed by atoms with Gasteiger partial charge in [-0.1, -0.05) is 47.4 Å². The van der Waals surface area contributed by atoms with Gasteiger partial charge in [0.15, 0.2) is 0 Å². The predicted octanol–water partition coefficient (Wildman–Crippen LogP) is 5.47. The number of aromatic nitrogens is 2. The number of nitrogens with one attached hydrogen (secondary N) is 1. The summed E-state index contributed by atoms with van der Waals surface area (Å²) in [5.41, 5.74) is 1.34. The van der Waals surface area contributed by atoms with Gasteiger partial charge in [-0.15, -0.1) is 0 Å². The molecule has 0 spiro atoms. The van der Waals surface area contributed by atoms with E-state index in [0.717, 1.165) is 6.08 Å². The summed E-state index contributed by atoms with van der Waals surface area (Å²) < 4.78 is 0. The number of carbonyl (C=O) groups excluding carboxylic acids is 2. The standard InChI is InChI=1S/C21H15Cl3N4O2/c1-2-21(30)28(18-7-8-25-12-17(18)24)19-10-13(6-9-26-19)27-20(29)11-14-15(22)4-3-5-16(14)23/h2-10,12H,1,11H2,(H,26,27,29). The minimum Gasteiger partial charge on any atom is -0.326 e. The Labute approximate surface area is 188 Å². The molecule has 3 rings (SSSR count). The number of hydrogen-bond acceptors (Lipinski definition) is 4. The molecule has 0 aliphatic rings. The summed E-state index contributed by atoms with van der Waals surface area (Å²) in [6, 6.07) is 9.76. The Kier molecular flexibility index (Phi) is 7.05. The van der Waals surface area contributed by atoms with Crippen molar-refractivity contribution in [3.05, 3.63) is 88.3 Å². The highest BCUT2D eigenvalue weighted by Crippen LogP contribution is 2.31. The summed E-state index contributed by atoms with van der Waals surface area (Å²) in [5.74, 6) is -0.519. The monoisotopic (exact) mass is 460 g/mol. The molecule has 6 nitrogen and oxygen atoms in total. The lowest BCUT2D eigenvalue weighted by Crippen LogP contribution is -2.25. The van der Waals surface area contributed by atoms with Crippen LogP contribution < -0.4 is 10.2 Å². The third-order valence-electron chi connectivity index (χ3n) is 4.04. The quantitative estimate of drug-likeness (QED) is 0.494. The fourth-order valence-electron chi connectivity index (χ4n) is 2.68. The number of pyridine rings is 2. The first-order chi connectivity index (χ1) is 14.4. The van der Waals surface area contributed by atoms with E-state index < -0.39 is 5.91 Å². The highest BCUT2D eigenvalue weighted by atomic mass is 35.5. The molecule has 0 radical (unpaired) electrons. The predicted molar refractivity (Wildman–Crippen MR) is 120 cm³/mol. The zero-order valence-electron chi connectivity index (χ0n) is 15.5. The molecular formula is C21H15Cl3N4O2. The largest absolute Gasteiger partial charge is 0.326 e. The van der Waals surface area contributed by atoms with E-state index >= 15 is 0 Å². The van der Waals surface area contributed by atoms with Crippen molar-refractivity contribution in [2.75, 3.05) is 10.2 Å². The molecule has 0 aliphatic heterocycles. The molecule has 0 saturated heterocycles. The number of halogens is 3. The average Bonchev–Trinajstić information content (AvgIpc) is 2.72. The van der Waals surface area contributed by atoms with Crippen LogP contribution in [0.15, 0.2) is 67.6 Å². The zero-order chi connectivity index (χ0) is 21.7. The van der Waals surface area contributed by atoms with E-state index in [-0.39, 0.29) is 23.2 Å². The number of hydrogen-bond donors (Lipinski definition) is 1. The Bertz CT molecular complexity index is 1100. The van der Waals surface area contributed by atoms with Crippen LogP contribution in [0.25, 0.3) is 0 Å². The van der Waals surface area contributed by atoms with Crippen LogP contribution in [0.1, 0.15) is 5.56 Å². The van der Waals surface area contributed by atoms with Crippen molar-refractivity contribution in [1.29, 1.82) is 0 Å². The molecule has 2 aromatic heterocycles. The highest BCUT2D eigenvalue weighted by Gasteiger charge is 2.20. The fourth-order valence-corrected chi connectivity index (χ4v) is 3.42. The molecule has 0 saturated carbocycles.